The number of nitrogens with zero attached hydrogens (tertiary/aromatic N) is 5. The van der Waals surface area contributed by atoms with Crippen molar-refractivity contribution >= 4 is 11.9 Å². The molecule has 0 spiro atoms. The van der Waals surface area contributed by atoms with Crippen LogP contribution in [0.3, 0.4) is 0 Å². The molecule has 0 bridgehead atoms. The molecule has 1 aliphatic carbocycles. The van der Waals surface area contributed by atoms with Crippen molar-refractivity contribution in [2.75, 3.05) is 45.2 Å². The SMILES string of the molecule is CN(C)C(=O)[C@@]12CCCN(c3ncccn3)[C@@H]1CN(CC1CC1)C2. The first kappa shape index (κ1) is 15.8. The van der Waals surface area contributed by atoms with E-state index < -0.39 is 0 Å². The van der Waals surface area contributed by atoms with E-state index in [4.69, 9.17) is 0 Å². The molecule has 3 heterocycles. The van der Waals surface area contributed by atoms with Crippen molar-refractivity contribution < 1.29 is 4.79 Å². The topological polar surface area (TPSA) is 52.6 Å². The van der Waals surface area contributed by atoms with Crippen molar-refractivity contribution in [2.45, 2.75) is 31.7 Å². The molecule has 130 valence electrons. The van der Waals surface area contributed by atoms with Crippen LogP contribution >= 0.6 is 0 Å². The third-order valence-electron chi connectivity index (χ3n) is 5.83. The summed E-state index contributed by atoms with van der Waals surface area (Å²) in [6.07, 6.45) is 8.28. The maximum Gasteiger partial charge on any atom is 0.231 e. The van der Waals surface area contributed by atoms with E-state index in [2.05, 4.69) is 19.8 Å². The third kappa shape index (κ3) is 2.66. The minimum Gasteiger partial charge on any atom is -0.348 e. The Bertz CT molecular complexity index is 603. The van der Waals surface area contributed by atoms with Gasteiger partial charge < -0.3 is 9.80 Å². The molecule has 1 saturated carbocycles. The molecule has 0 radical (unpaired) electrons. The summed E-state index contributed by atoms with van der Waals surface area (Å²) in [6, 6.07) is 2.03. The Labute approximate surface area is 143 Å². The van der Waals surface area contributed by atoms with Crippen molar-refractivity contribution in [3.63, 3.8) is 0 Å². The molecule has 4 rings (SSSR count). The quantitative estimate of drug-likeness (QED) is 0.832. The molecular weight excluding hydrogens is 302 g/mol. The number of rotatable bonds is 4. The lowest BCUT2D eigenvalue weighted by molar-refractivity contribution is -0.140. The molecule has 1 amide bonds. The predicted octanol–water partition coefficient (Wildman–Crippen LogP) is 1.25. The maximum absolute atomic E-state index is 13.2. The summed E-state index contributed by atoms with van der Waals surface area (Å²) in [6.45, 7) is 3.92. The summed E-state index contributed by atoms with van der Waals surface area (Å²) in [5, 5.41) is 0. The summed E-state index contributed by atoms with van der Waals surface area (Å²) in [5.74, 6) is 1.89. The van der Waals surface area contributed by atoms with Crippen LogP contribution in [0.5, 0.6) is 0 Å². The Hall–Kier alpha value is -1.69. The highest BCUT2D eigenvalue weighted by Gasteiger charge is 2.57. The lowest BCUT2D eigenvalue weighted by Gasteiger charge is -2.45. The number of hydrogen-bond donors (Lipinski definition) is 0. The van der Waals surface area contributed by atoms with Gasteiger partial charge in [0.2, 0.25) is 11.9 Å². The van der Waals surface area contributed by atoms with Gasteiger partial charge in [-0.05, 0) is 37.7 Å². The van der Waals surface area contributed by atoms with Gasteiger partial charge in [-0.15, -0.1) is 0 Å². The third-order valence-corrected chi connectivity index (χ3v) is 5.83. The second kappa shape index (κ2) is 5.99. The zero-order valence-corrected chi connectivity index (χ0v) is 14.7. The van der Waals surface area contributed by atoms with Crippen LogP contribution < -0.4 is 4.90 Å². The van der Waals surface area contributed by atoms with Gasteiger partial charge in [0.1, 0.15) is 0 Å². The van der Waals surface area contributed by atoms with Gasteiger partial charge in [-0.3, -0.25) is 9.69 Å². The van der Waals surface area contributed by atoms with Crippen LogP contribution in [-0.2, 0) is 4.79 Å². The fraction of sp³-hybridized carbons (Fsp3) is 0.722. The van der Waals surface area contributed by atoms with E-state index >= 15 is 0 Å². The molecule has 2 aliphatic heterocycles. The van der Waals surface area contributed by atoms with Crippen molar-refractivity contribution in [1.29, 1.82) is 0 Å². The molecule has 0 aromatic carbocycles. The first-order valence-corrected chi connectivity index (χ1v) is 9.08. The van der Waals surface area contributed by atoms with E-state index in [0.29, 0.717) is 0 Å². The maximum atomic E-state index is 13.2. The molecule has 1 aromatic heterocycles. The molecule has 2 saturated heterocycles. The van der Waals surface area contributed by atoms with Crippen LogP contribution in [0.4, 0.5) is 5.95 Å². The Morgan fingerprint density at radius 1 is 1.33 bits per heavy atom. The summed E-state index contributed by atoms with van der Waals surface area (Å²) in [7, 11) is 3.77. The van der Waals surface area contributed by atoms with E-state index in [1.165, 1.54) is 12.8 Å². The summed E-state index contributed by atoms with van der Waals surface area (Å²) in [4.78, 5) is 28.7. The highest BCUT2D eigenvalue weighted by Crippen LogP contribution is 2.45. The predicted molar refractivity (Wildman–Crippen MR) is 92.7 cm³/mol. The summed E-state index contributed by atoms with van der Waals surface area (Å²) < 4.78 is 0. The molecule has 6 heteroatoms. The number of amides is 1. The average molecular weight is 329 g/mol. The van der Waals surface area contributed by atoms with Gasteiger partial charge in [0.15, 0.2) is 0 Å². The average Bonchev–Trinajstić information content (AvgIpc) is 3.32. The number of fused-ring (bicyclic) bond motifs is 1. The van der Waals surface area contributed by atoms with Gasteiger partial charge >= 0.3 is 0 Å². The Balaban J connectivity index is 1.66. The van der Waals surface area contributed by atoms with Crippen LogP contribution in [0.1, 0.15) is 25.7 Å². The van der Waals surface area contributed by atoms with Crippen molar-refractivity contribution in [3.05, 3.63) is 18.5 Å². The van der Waals surface area contributed by atoms with Gasteiger partial charge in [0, 0.05) is 52.7 Å². The van der Waals surface area contributed by atoms with Crippen LogP contribution in [0, 0.1) is 11.3 Å². The fourth-order valence-corrected chi connectivity index (χ4v) is 4.60. The van der Waals surface area contributed by atoms with E-state index in [1.54, 1.807) is 17.3 Å². The zero-order chi connectivity index (χ0) is 16.7. The molecule has 1 aromatic rings. The molecular formula is C18H27N5O. The molecule has 3 aliphatic rings. The lowest BCUT2D eigenvalue weighted by Crippen LogP contribution is -2.58. The van der Waals surface area contributed by atoms with E-state index in [1.807, 2.05) is 20.2 Å². The molecule has 6 nitrogen and oxygen atoms in total. The molecule has 24 heavy (non-hydrogen) atoms. The Kier molecular flexibility index (Phi) is 3.95. The number of aromatic nitrogens is 2. The summed E-state index contributed by atoms with van der Waals surface area (Å²) in [5.41, 5.74) is -0.310. The molecule has 3 fully saturated rings. The standard InChI is InChI=1S/C18H27N5O/c1-21(2)16(24)18-7-3-10-23(17-19-8-4-9-20-17)15(18)12-22(13-18)11-14-5-6-14/h4,8-9,14-15H,3,5-7,10-13H2,1-2H3/t15-,18-/m1/s1. The zero-order valence-electron chi connectivity index (χ0n) is 14.7. The monoisotopic (exact) mass is 329 g/mol. The Morgan fingerprint density at radius 3 is 2.75 bits per heavy atom. The molecule has 0 unspecified atom stereocenters. The van der Waals surface area contributed by atoms with E-state index in [-0.39, 0.29) is 17.4 Å². The van der Waals surface area contributed by atoms with Gasteiger partial charge in [0.25, 0.3) is 0 Å². The largest absolute Gasteiger partial charge is 0.348 e. The van der Waals surface area contributed by atoms with Gasteiger partial charge in [-0.25, -0.2) is 9.97 Å². The smallest absolute Gasteiger partial charge is 0.231 e. The number of carbonyl (C=O) groups is 1. The molecule has 0 N–H and O–H groups in total. The van der Waals surface area contributed by atoms with Crippen LogP contribution in [0.25, 0.3) is 0 Å². The number of hydrogen-bond acceptors (Lipinski definition) is 5. The number of anilines is 1. The van der Waals surface area contributed by atoms with Crippen molar-refractivity contribution in [1.82, 2.24) is 19.8 Å². The minimum atomic E-state index is -0.310. The van der Waals surface area contributed by atoms with Crippen LogP contribution in [0.15, 0.2) is 18.5 Å². The minimum absolute atomic E-state index is 0.183. The van der Waals surface area contributed by atoms with Crippen LogP contribution in [0.2, 0.25) is 0 Å². The van der Waals surface area contributed by atoms with Crippen molar-refractivity contribution in [3.8, 4) is 0 Å². The first-order valence-electron chi connectivity index (χ1n) is 9.08. The van der Waals surface area contributed by atoms with E-state index in [9.17, 15) is 4.79 Å². The lowest BCUT2D eigenvalue weighted by atomic mass is 9.74. The number of carbonyl (C=O) groups excluding carboxylic acids is 1. The number of likely N-dealkylation sites (tertiary alicyclic amines) is 1. The van der Waals surface area contributed by atoms with Crippen LogP contribution in [-0.4, -0.2) is 72.0 Å². The van der Waals surface area contributed by atoms with Crippen molar-refractivity contribution in [2.24, 2.45) is 11.3 Å². The highest BCUT2D eigenvalue weighted by atomic mass is 16.2. The number of piperidine rings is 1. The first-order chi connectivity index (χ1) is 11.6. The molecule has 2 atom stereocenters. The highest BCUT2D eigenvalue weighted by molar-refractivity contribution is 5.85. The van der Waals surface area contributed by atoms with Gasteiger partial charge in [-0.1, -0.05) is 0 Å². The van der Waals surface area contributed by atoms with Gasteiger partial charge in [-0.2, -0.15) is 0 Å². The second-order valence-electron chi connectivity index (χ2n) is 7.85. The second-order valence-corrected chi connectivity index (χ2v) is 7.85. The Morgan fingerprint density at radius 2 is 2.08 bits per heavy atom. The summed E-state index contributed by atoms with van der Waals surface area (Å²) >= 11 is 0. The van der Waals surface area contributed by atoms with E-state index in [0.717, 1.165) is 50.9 Å². The fourth-order valence-electron chi connectivity index (χ4n) is 4.60. The normalized spacial score (nSPS) is 30.2. The van der Waals surface area contributed by atoms with Gasteiger partial charge in [0.05, 0.1) is 11.5 Å².